The predicted molar refractivity (Wildman–Crippen MR) is 81.3 cm³/mol. The number of halogens is 3. The lowest BCUT2D eigenvalue weighted by atomic mass is 10.2. The van der Waals surface area contributed by atoms with Gasteiger partial charge in [-0.2, -0.15) is 0 Å². The van der Waals surface area contributed by atoms with Crippen molar-refractivity contribution < 1.29 is 23.1 Å². The number of para-hydroxylation sites is 1. The van der Waals surface area contributed by atoms with E-state index >= 15 is 0 Å². The lowest BCUT2D eigenvalue weighted by Gasteiger charge is -2.14. The lowest BCUT2D eigenvalue weighted by molar-refractivity contribution is -0.123. The minimum absolute atomic E-state index is 0.320. The molecule has 0 aromatic heterocycles. The van der Waals surface area contributed by atoms with Gasteiger partial charge in [0.1, 0.15) is 11.6 Å². The van der Waals surface area contributed by atoms with Gasteiger partial charge >= 0.3 is 5.97 Å². The summed E-state index contributed by atoms with van der Waals surface area (Å²) in [5, 5.41) is 2.82. The second kappa shape index (κ2) is 7.19. The summed E-state index contributed by atoms with van der Waals surface area (Å²) in [5.74, 6) is -3.45. The third-order valence-electron chi connectivity index (χ3n) is 2.88. The Labute approximate surface area is 136 Å². The molecule has 0 aliphatic heterocycles. The second-order valence-electron chi connectivity index (χ2n) is 4.67. The van der Waals surface area contributed by atoms with E-state index in [1.165, 1.54) is 6.92 Å². The molecule has 0 spiro atoms. The van der Waals surface area contributed by atoms with E-state index in [1.807, 2.05) is 0 Å². The number of esters is 1. The standard InChI is InChI=1S/C16H12ClF2NO3/c1-9(15(21)20-14-5-3-2-4-13(14)17)23-16(22)10-6-11(18)8-12(19)7-10/h2-9H,1H3,(H,20,21)/t9-/m0/s1. The van der Waals surface area contributed by atoms with Crippen molar-refractivity contribution in [2.75, 3.05) is 5.32 Å². The largest absolute Gasteiger partial charge is 0.449 e. The Bertz CT molecular complexity index is 732. The molecule has 2 aromatic carbocycles. The molecule has 23 heavy (non-hydrogen) atoms. The molecule has 1 atom stereocenters. The molecule has 4 nitrogen and oxygen atoms in total. The Morgan fingerprint density at radius 3 is 2.35 bits per heavy atom. The highest BCUT2D eigenvalue weighted by Crippen LogP contribution is 2.21. The SMILES string of the molecule is C[C@H](OC(=O)c1cc(F)cc(F)c1)C(=O)Nc1ccccc1Cl. The molecule has 1 amide bonds. The zero-order valence-corrected chi connectivity index (χ0v) is 12.7. The first kappa shape index (κ1) is 16.9. The van der Waals surface area contributed by atoms with Crippen LogP contribution in [0.3, 0.4) is 0 Å². The summed E-state index contributed by atoms with van der Waals surface area (Å²) in [6.07, 6.45) is -1.18. The molecule has 0 aliphatic carbocycles. The number of carbonyl (C=O) groups excluding carboxylic acids is 2. The average Bonchev–Trinajstić information content (AvgIpc) is 2.48. The van der Waals surface area contributed by atoms with Crippen LogP contribution < -0.4 is 5.32 Å². The first-order chi connectivity index (χ1) is 10.9. The second-order valence-corrected chi connectivity index (χ2v) is 5.08. The van der Waals surface area contributed by atoms with Gasteiger partial charge in [0.25, 0.3) is 5.91 Å². The molecule has 0 unspecified atom stereocenters. The van der Waals surface area contributed by atoms with Gasteiger partial charge in [-0.25, -0.2) is 13.6 Å². The van der Waals surface area contributed by atoms with E-state index in [0.29, 0.717) is 16.8 Å². The Morgan fingerprint density at radius 1 is 1.13 bits per heavy atom. The zero-order valence-electron chi connectivity index (χ0n) is 12.0. The Kier molecular flexibility index (Phi) is 5.28. The monoisotopic (exact) mass is 339 g/mol. The van der Waals surface area contributed by atoms with Gasteiger partial charge < -0.3 is 10.1 Å². The number of benzene rings is 2. The van der Waals surface area contributed by atoms with E-state index in [-0.39, 0.29) is 5.56 Å². The number of anilines is 1. The topological polar surface area (TPSA) is 55.4 Å². The summed E-state index contributed by atoms with van der Waals surface area (Å²) in [4.78, 5) is 23.8. The zero-order chi connectivity index (χ0) is 17.0. The van der Waals surface area contributed by atoms with Gasteiger partial charge in [0.05, 0.1) is 16.3 Å². The minimum Gasteiger partial charge on any atom is -0.449 e. The van der Waals surface area contributed by atoms with E-state index in [9.17, 15) is 18.4 Å². The fourth-order valence-electron chi connectivity index (χ4n) is 1.75. The van der Waals surface area contributed by atoms with Crippen molar-refractivity contribution >= 4 is 29.2 Å². The first-order valence-corrected chi connectivity index (χ1v) is 6.97. The maximum absolute atomic E-state index is 13.1. The summed E-state index contributed by atoms with van der Waals surface area (Å²) >= 11 is 5.90. The van der Waals surface area contributed by atoms with Gasteiger partial charge in [0.15, 0.2) is 6.10 Å². The van der Waals surface area contributed by atoms with Gasteiger partial charge in [-0.3, -0.25) is 4.79 Å². The van der Waals surface area contributed by atoms with Crippen LogP contribution in [0.4, 0.5) is 14.5 Å². The first-order valence-electron chi connectivity index (χ1n) is 6.59. The number of amides is 1. The number of ether oxygens (including phenoxy) is 1. The van der Waals surface area contributed by atoms with Crippen LogP contribution in [0.2, 0.25) is 5.02 Å². The predicted octanol–water partition coefficient (Wildman–Crippen LogP) is 3.80. The van der Waals surface area contributed by atoms with Crippen LogP contribution in [0.5, 0.6) is 0 Å². The maximum atomic E-state index is 13.1. The number of carbonyl (C=O) groups is 2. The van der Waals surface area contributed by atoms with Gasteiger partial charge in [-0.1, -0.05) is 23.7 Å². The molecule has 0 fully saturated rings. The van der Waals surface area contributed by atoms with Crippen LogP contribution in [-0.4, -0.2) is 18.0 Å². The summed E-state index contributed by atoms with van der Waals surface area (Å²) < 4.78 is 31.0. The average molecular weight is 340 g/mol. The third kappa shape index (κ3) is 4.50. The van der Waals surface area contributed by atoms with Crippen LogP contribution >= 0.6 is 11.6 Å². The molecular formula is C16H12ClF2NO3. The van der Waals surface area contributed by atoms with Crippen molar-refractivity contribution in [3.05, 3.63) is 64.7 Å². The maximum Gasteiger partial charge on any atom is 0.339 e. The molecule has 7 heteroatoms. The van der Waals surface area contributed by atoms with E-state index in [4.69, 9.17) is 16.3 Å². The molecule has 120 valence electrons. The summed E-state index contributed by atoms with van der Waals surface area (Å²) in [6.45, 7) is 1.33. The molecule has 0 radical (unpaired) electrons. The van der Waals surface area contributed by atoms with Crippen molar-refractivity contribution in [2.24, 2.45) is 0 Å². The van der Waals surface area contributed by atoms with E-state index in [0.717, 1.165) is 12.1 Å². The Balaban J connectivity index is 2.03. The Morgan fingerprint density at radius 2 is 1.74 bits per heavy atom. The molecule has 0 saturated carbocycles. The highest BCUT2D eigenvalue weighted by molar-refractivity contribution is 6.33. The van der Waals surface area contributed by atoms with Crippen molar-refractivity contribution in [3.63, 3.8) is 0 Å². The van der Waals surface area contributed by atoms with Crippen LogP contribution in [0.25, 0.3) is 0 Å². The quantitative estimate of drug-likeness (QED) is 0.862. The Hall–Kier alpha value is -2.47. The van der Waals surface area contributed by atoms with Crippen molar-refractivity contribution in [1.29, 1.82) is 0 Å². The van der Waals surface area contributed by atoms with Crippen molar-refractivity contribution in [3.8, 4) is 0 Å². The summed E-state index contributed by atoms with van der Waals surface area (Å²) in [5.41, 5.74) is 0.0405. The fraction of sp³-hybridized carbons (Fsp3) is 0.125. The van der Waals surface area contributed by atoms with Crippen LogP contribution in [0, 0.1) is 11.6 Å². The molecule has 0 aliphatic rings. The summed E-state index contributed by atoms with van der Waals surface area (Å²) in [7, 11) is 0. The van der Waals surface area contributed by atoms with Crippen LogP contribution in [-0.2, 0) is 9.53 Å². The molecule has 1 N–H and O–H groups in total. The molecule has 0 bridgehead atoms. The summed E-state index contributed by atoms with van der Waals surface area (Å²) in [6, 6.07) is 8.81. The molecular weight excluding hydrogens is 328 g/mol. The smallest absolute Gasteiger partial charge is 0.339 e. The van der Waals surface area contributed by atoms with E-state index in [2.05, 4.69) is 5.32 Å². The number of nitrogens with one attached hydrogen (secondary N) is 1. The normalized spacial score (nSPS) is 11.7. The molecule has 2 aromatic rings. The third-order valence-corrected chi connectivity index (χ3v) is 3.21. The van der Waals surface area contributed by atoms with Gasteiger partial charge in [0, 0.05) is 6.07 Å². The van der Waals surface area contributed by atoms with Crippen LogP contribution in [0.15, 0.2) is 42.5 Å². The van der Waals surface area contributed by atoms with Gasteiger partial charge in [-0.15, -0.1) is 0 Å². The number of hydrogen-bond donors (Lipinski definition) is 1. The molecule has 2 rings (SSSR count). The molecule has 0 heterocycles. The number of hydrogen-bond acceptors (Lipinski definition) is 3. The molecule has 0 saturated heterocycles. The van der Waals surface area contributed by atoms with Gasteiger partial charge in [0.2, 0.25) is 0 Å². The van der Waals surface area contributed by atoms with E-state index < -0.39 is 29.6 Å². The van der Waals surface area contributed by atoms with E-state index in [1.54, 1.807) is 24.3 Å². The number of rotatable bonds is 4. The highest BCUT2D eigenvalue weighted by atomic mass is 35.5. The minimum atomic E-state index is -1.18. The fourth-order valence-corrected chi connectivity index (χ4v) is 1.93. The van der Waals surface area contributed by atoms with Crippen molar-refractivity contribution in [1.82, 2.24) is 0 Å². The van der Waals surface area contributed by atoms with Gasteiger partial charge in [-0.05, 0) is 31.2 Å². The van der Waals surface area contributed by atoms with Crippen molar-refractivity contribution in [2.45, 2.75) is 13.0 Å². The van der Waals surface area contributed by atoms with Crippen LogP contribution in [0.1, 0.15) is 17.3 Å². The highest BCUT2D eigenvalue weighted by Gasteiger charge is 2.20. The lowest BCUT2D eigenvalue weighted by Crippen LogP contribution is -2.30.